The van der Waals surface area contributed by atoms with Crippen LogP contribution >= 0.6 is 0 Å². The van der Waals surface area contributed by atoms with Gasteiger partial charge in [0.15, 0.2) is 0 Å². The maximum Gasteiger partial charge on any atom is 0.223 e. The van der Waals surface area contributed by atoms with Crippen LogP contribution in [0.1, 0.15) is 24.0 Å². The number of sulfonamides is 1. The fourth-order valence-corrected chi connectivity index (χ4v) is 4.60. The van der Waals surface area contributed by atoms with E-state index in [1.807, 2.05) is 50.2 Å². The van der Waals surface area contributed by atoms with Crippen molar-refractivity contribution in [1.82, 2.24) is 14.5 Å². The highest BCUT2D eigenvalue weighted by atomic mass is 32.2. The summed E-state index contributed by atoms with van der Waals surface area (Å²) in [6, 6.07) is 7.58. The van der Waals surface area contributed by atoms with Crippen LogP contribution in [-0.2, 0) is 20.6 Å². The highest BCUT2D eigenvalue weighted by molar-refractivity contribution is 7.88. The summed E-state index contributed by atoms with van der Waals surface area (Å²) in [4.78, 5) is 14.2. The number of hydrogen-bond acceptors (Lipinski definition) is 4. The van der Waals surface area contributed by atoms with Gasteiger partial charge in [-0.25, -0.2) is 12.7 Å². The third kappa shape index (κ3) is 6.09. The van der Waals surface area contributed by atoms with Crippen molar-refractivity contribution in [2.45, 2.75) is 25.5 Å². The Morgan fingerprint density at radius 3 is 2.56 bits per heavy atom. The molecule has 0 saturated carbocycles. The maximum absolute atomic E-state index is 12.6. The monoisotopic (exact) mass is 367 g/mol. The number of likely N-dealkylation sites (N-methyl/N-ethyl adjacent to an activating group) is 1. The average molecular weight is 368 g/mol. The van der Waals surface area contributed by atoms with Crippen LogP contribution in [0.3, 0.4) is 0 Å². The summed E-state index contributed by atoms with van der Waals surface area (Å²) in [5.41, 5.74) is 1.87. The van der Waals surface area contributed by atoms with Crippen LogP contribution in [0.5, 0.6) is 0 Å². The molecule has 0 spiro atoms. The van der Waals surface area contributed by atoms with E-state index in [1.54, 1.807) is 0 Å². The Morgan fingerprint density at radius 1 is 1.28 bits per heavy atom. The zero-order valence-electron chi connectivity index (χ0n) is 15.4. The lowest BCUT2D eigenvalue weighted by atomic mass is 9.97. The second kappa shape index (κ2) is 8.78. The van der Waals surface area contributed by atoms with Gasteiger partial charge in [-0.05, 0) is 39.4 Å². The molecule has 0 aromatic heterocycles. The predicted octanol–water partition coefficient (Wildman–Crippen LogP) is 1.21. The summed E-state index contributed by atoms with van der Waals surface area (Å²) in [5.74, 6) is -0.0286. The van der Waals surface area contributed by atoms with Gasteiger partial charge in [-0.3, -0.25) is 4.79 Å². The molecule has 1 heterocycles. The van der Waals surface area contributed by atoms with Crippen molar-refractivity contribution >= 4 is 15.9 Å². The molecule has 1 N–H and O–H groups in total. The second-order valence-electron chi connectivity index (χ2n) is 7.01. The molecule has 0 bridgehead atoms. The second-order valence-corrected chi connectivity index (χ2v) is 8.98. The average Bonchev–Trinajstić information content (AvgIpc) is 2.54. The minimum atomic E-state index is -3.34. The summed E-state index contributed by atoms with van der Waals surface area (Å²) in [7, 11) is 0.589. The van der Waals surface area contributed by atoms with E-state index in [0.29, 0.717) is 32.5 Å². The van der Waals surface area contributed by atoms with Gasteiger partial charge in [0.1, 0.15) is 0 Å². The maximum atomic E-state index is 12.6. The van der Waals surface area contributed by atoms with E-state index in [1.165, 1.54) is 4.31 Å². The Kier molecular flexibility index (Phi) is 6.98. The summed E-state index contributed by atoms with van der Waals surface area (Å²) in [6.07, 6.45) is 1.17. The lowest BCUT2D eigenvalue weighted by molar-refractivity contribution is -0.126. The molecule has 7 heteroatoms. The van der Waals surface area contributed by atoms with Gasteiger partial charge in [0.2, 0.25) is 15.9 Å². The standard InChI is InChI=1S/C18H29N3O3S/c1-15-5-4-6-16(13-15)14-25(23,24)21-10-7-17(8-11-21)18(22)19-9-12-20(2)3/h4-6,13,17H,7-12,14H2,1-3H3,(H,19,22). The van der Waals surface area contributed by atoms with Gasteiger partial charge in [0.25, 0.3) is 0 Å². The van der Waals surface area contributed by atoms with Gasteiger partial charge in [0, 0.05) is 32.1 Å². The molecule has 6 nitrogen and oxygen atoms in total. The molecule has 1 amide bonds. The number of carbonyl (C=O) groups excluding carboxylic acids is 1. The first-order valence-electron chi connectivity index (χ1n) is 8.74. The predicted molar refractivity (Wildman–Crippen MR) is 99.7 cm³/mol. The van der Waals surface area contributed by atoms with E-state index in [4.69, 9.17) is 0 Å². The van der Waals surface area contributed by atoms with E-state index in [-0.39, 0.29) is 17.6 Å². The fraction of sp³-hybridized carbons (Fsp3) is 0.611. The minimum absolute atomic E-state index is 0.0222. The first-order chi connectivity index (χ1) is 11.8. The highest BCUT2D eigenvalue weighted by Crippen LogP contribution is 2.22. The smallest absolute Gasteiger partial charge is 0.223 e. The normalized spacial score (nSPS) is 17.0. The van der Waals surface area contributed by atoms with Crippen LogP contribution in [0.15, 0.2) is 24.3 Å². The third-order valence-corrected chi connectivity index (χ3v) is 6.36. The van der Waals surface area contributed by atoms with Crippen LogP contribution in [0.2, 0.25) is 0 Å². The summed E-state index contributed by atoms with van der Waals surface area (Å²) in [5, 5.41) is 2.93. The minimum Gasteiger partial charge on any atom is -0.355 e. The number of rotatable bonds is 7. The molecule has 140 valence electrons. The molecule has 1 aliphatic rings. The van der Waals surface area contributed by atoms with Gasteiger partial charge in [-0.2, -0.15) is 0 Å². The lowest BCUT2D eigenvalue weighted by Gasteiger charge is -2.30. The first-order valence-corrected chi connectivity index (χ1v) is 10.3. The Hall–Kier alpha value is -1.44. The molecule has 1 aromatic rings. The van der Waals surface area contributed by atoms with Crippen LogP contribution in [0.25, 0.3) is 0 Å². The third-order valence-electron chi connectivity index (χ3n) is 4.51. The molecule has 1 aromatic carbocycles. The van der Waals surface area contributed by atoms with Crippen LogP contribution < -0.4 is 5.32 Å². The van der Waals surface area contributed by atoms with Crippen molar-refractivity contribution in [1.29, 1.82) is 0 Å². The molecule has 0 radical (unpaired) electrons. The van der Waals surface area contributed by atoms with Crippen LogP contribution in [0.4, 0.5) is 0 Å². The lowest BCUT2D eigenvalue weighted by Crippen LogP contribution is -2.44. The van der Waals surface area contributed by atoms with Crippen molar-refractivity contribution in [2.24, 2.45) is 5.92 Å². The van der Waals surface area contributed by atoms with Gasteiger partial charge >= 0.3 is 0 Å². The summed E-state index contributed by atoms with van der Waals surface area (Å²) in [6.45, 7) is 4.21. The number of piperidine rings is 1. The molecule has 0 aliphatic carbocycles. The number of amides is 1. The number of nitrogens with one attached hydrogen (secondary N) is 1. The zero-order valence-corrected chi connectivity index (χ0v) is 16.2. The Labute approximate surface area is 151 Å². The number of benzene rings is 1. The molecule has 1 fully saturated rings. The van der Waals surface area contributed by atoms with Crippen molar-refractivity contribution in [3.63, 3.8) is 0 Å². The van der Waals surface area contributed by atoms with Crippen molar-refractivity contribution < 1.29 is 13.2 Å². The topological polar surface area (TPSA) is 69.7 Å². The Bertz CT molecular complexity index is 681. The van der Waals surface area contributed by atoms with Crippen LogP contribution in [-0.4, -0.2) is 63.8 Å². The SMILES string of the molecule is Cc1cccc(CS(=O)(=O)N2CCC(C(=O)NCCN(C)C)CC2)c1. The van der Waals surface area contributed by atoms with Crippen molar-refractivity contribution in [3.05, 3.63) is 35.4 Å². The van der Waals surface area contributed by atoms with E-state index in [0.717, 1.165) is 17.7 Å². The summed E-state index contributed by atoms with van der Waals surface area (Å²) >= 11 is 0. The van der Waals surface area contributed by atoms with E-state index < -0.39 is 10.0 Å². The van der Waals surface area contributed by atoms with E-state index in [2.05, 4.69) is 5.32 Å². The molecule has 0 atom stereocenters. The summed E-state index contributed by atoms with van der Waals surface area (Å²) < 4.78 is 26.7. The molecule has 2 rings (SSSR count). The molecule has 1 aliphatic heterocycles. The Morgan fingerprint density at radius 2 is 1.96 bits per heavy atom. The molecule has 25 heavy (non-hydrogen) atoms. The van der Waals surface area contributed by atoms with Crippen LogP contribution in [0, 0.1) is 12.8 Å². The number of aryl methyl sites for hydroxylation is 1. The van der Waals surface area contributed by atoms with Gasteiger partial charge < -0.3 is 10.2 Å². The quantitative estimate of drug-likeness (QED) is 0.787. The highest BCUT2D eigenvalue weighted by Gasteiger charge is 2.31. The largest absolute Gasteiger partial charge is 0.355 e. The Balaban J connectivity index is 1.85. The van der Waals surface area contributed by atoms with E-state index in [9.17, 15) is 13.2 Å². The van der Waals surface area contributed by atoms with Crippen molar-refractivity contribution in [3.8, 4) is 0 Å². The molecular formula is C18H29N3O3S. The number of carbonyl (C=O) groups is 1. The fourth-order valence-electron chi connectivity index (χ4n) is 3.05. The van der Waals surface area contributed by atoms with Gasteiger partial charge in [-0.1, -0.05) is 29.8 Å². The van der Waals surface area contributed by atoms with E-state index >= 15 is 0 Å². The molecule has 1 saturated heterocycles. The van der Waals surface area contributed by atoms with Crippen molar-refractivity contribution in [2.75, 3.05) is 40.3 Å². The number of nitrogens with zero attached hydrogens (tertiary/aromatic N) is 2. The molecule has 0 unspecified atom stereocenters. The first kappa shape index (κ1) is 19.9. The van der Waals surface area contributed by atoms with Gasteiger partial charge in [-0.15, -0.1) is 0 Å². The number of hydrogen-bond donors (Lipinski definition) is 1. The zero-order chi connectivity index (χ0) is 18.4. The van der Waals surface area contributed by atoms with Gasteiger partial charge in [0.05, 0.1) is 5.75 Å². The molecular weight excluding hydrogens is 338 g/mol.